The number of phenols is 1. The zero-order chi connectivity index (χ0) is 30.3. The lowest BCUT2D eigenvalue weighted by Crippen LogP contribution is -2.73. The summed E-state index contributed by atoms with van der Waals surface area (Å²) >= 11 is 0. The Morgan fingerprint density at radius 1 is 1.10 bits per heavy atom. The Labute approximate surface area is 231 Å². The molecule has 1 aromatic carbocycles. The van der Waals surface area contributed by atoms with Crippen molar-refractivity contribution in [3.8, 4) is 5.75 Å². The number of methoxy groups -OCH3 is 1. The fraction of sp³-hybridized carbons (Fsp3) is 0.467. The Morgan fingerprint density at radius 3 is 2.23 bits per heavy atom. The molecule has 0 spiro atoms. The topological polar surface area (TPSA) is 179 Å². The van der Waals surface area contributed by atoms with Crippen molar-refractivity contribution in [3.05, 3.63) is 57.6 Å². The fourth-order valence-corrected chi connectivity index (χ4v) is 7.32. The number of carbonyl (C=O) groups is 4. The number of allylic oxidation sites excluding steroid dienone is 1. The summed E-state index contributed by atoms with van der Waals surface area (Å²) in [6.07, 6.45) is 0.592. The number of carbonyl (C=O) groups excluding carboxylic acids is 4. The summed E-state index contributed by atoms with van der Waals surface area (Å²) in [5.41, 5.74) is -7.53. The molecule has 0 heterocycles. The monoisotopic (exact) mass is 554 g/mol. The highest BCUT2D eigenvalue weighted by Crippen LogP contribution is 2.67. The van der Waals surface area contributed by atoms with E-state index in [2.05, 4.69) is 4.74 Å². The van der Waals surface area contributed by atoms with Gasteiger partial charge in [-0.2, -0.15) is 0 Å². The maximum absolute atomic E-state index is 14.1. The molecular weight excluding hydrogens is 520 g/mol. The Hall–Kier alpha value is -3.76. The van der Waals surface area contributed by atoms with Crippen LogP contribution in [0.2, 0.25) is 0 Å². The summed E-state index contributed by atoms with van der Waals surface area (Å²) in [6.45, 7) is 8.94. The van der Waals surface area contributed by atoms with E-state index >= 15 is 0 Å². The molecule has 3 aliphatic rings. The number of aliphatic hydroxyl groups excluding tert-OH is 3. The van der Waals surface area contributed by atoms with Crippen LogP contribution in [-0.4, -0.2) is 67.7 Å². The molecule has 10 heteroatoms. The molecule has 6 atom stereocenters. The molecule has 0 aliphatic heterocycles. The van der Waals surface area contributed by atoms with Crippen molar-refractivity contribution in [2.75, 3.05) is 7.11 Å². The molecule has 5 N–H and O–H groups in total. The highest BCUT2D eigenvalue weighted by atomic mass is 16.5. The minimum Gasteiger partial charge on any atom is -0.511 e. The Bertz CT molecular complexity index is 1460. The lowest BCUT2D eigenvalue weighted by molar-refractivity contribution is -0.211. The van der Waals surface area contributed by atoms with Gasteiger partial charge in [-0.05, 0) is 30.4 Å². The van der Waals surface area contributed by atoms with Gasteiger partial charge in [0, 0.05) is 28.4 Å². The first-order valence-corrected chi connectivity index (χ1v) is 13.0. The average molecular weight is 555 g/mol. The number of esters is 1. The second-order valence-electron chi connectivity index (χ2n) is 11.6. The lowest BCUT2D eigenvalue weighted by atomic mass is 9.41. The second-order valence-corrected chi connectivity index (χ2v) is 11.6. The quantitative estimate of drug-likeness (QED) is 0.211. The van der Waals surface area contributed by atoms with Crippen molar-refractivity contribution in [3.63, 3.8) is 0 Å². The van der Waals surface area contributed by atoms with Gasteiger partial charge in [0.05, 0.1) is 24.4 Å². The van der Waals surface area contributed by atoms with Gasteiger partial charge in [-0.3, -0.25) is 14.4 Å². The van der Waals surface area contributed by atoms with Crippen LogP contribution >= 0.6 is 0 Å². The molecule has 10 nitrogen and oxygen atoms in total. The number of hydrogen-bond donors (Lipinski definition) is 5. The van der Waals surface area contributed by atoms with Gasteiger partial charge in [0.25, 0.3) is 0 Å². The van der Waals surface area contributed by atoms with Crippen LogP contribution in [0.3, 0.4) is 0 Å². The van der Waals surface area contributed by atoms with Crippen LogP contribution in [0.4, 0.5) is 0 Å². The van der Waals surface area contributed by atoms with Gasteiger partial charge in [-0.1, -0.05) is 46.8 Å². The summed E-state index contributed by atoms with van der Waals surface area (Å²) in [5.74, 6) is -8.40. The molecule has 3 aliphatic carbocycles. The van der Waals surface area contributed by atoms with Crippen molar-refractivity contribution in [1.29, 1.82) is 0 Å². The van der Waals surface area contributed by atoms with E-state index in [1.807, 2.05) is 0 Å². The summed E-state index contributed by atoms with van der Waals surface area (Å²) < 4.78 is 4.56. The van der Waals surface area contributed by atoms with Crippen molar-refractivity contribution >= 4 is 29.4 Å². The van der Waals surface area contributed by atoms with Gasteiger partial charge in [0.2, 0.25) is 5.78 Å². The number of ketones is 3. The summed E-state index contributed by atoms with van der Waals surface area (Å²) in [7, 11) is 1.18. The molecule has 4 rings (SSSR count). The van der Waals surface area contributed by atoms with Crippen molar-refractivity contribution in [2.45, 2.75) is 59.2 Å². The van der Waals surface area contributed by atoms with Crippen molar-refractivity contribution in [2.24, 2.45) is 22.7 Å². The molecule has 0 radical (unpaired) electrons. The molecule has 1 aromatic rings. The predicted octanol–water partition coefficient (Wildman–Crippen LogP) is 3.06. The standard InChI is InChI=1S/C30H34O10/c1-12(2)20-23(34)18(14(4)31)25(36)30(39)26(37)21-24(35)19-16(13(3)28(21,5)27(38)29(20,30)6)10-8-15(22(19)33)9-11-17(32)40-7/h8-13,20,27,33-34,37-39H,1-7H3/b11-9+/t13-,20?,27-,28+,29+,30+/m1/s1. The largest absolute Gasteiger partial charge is 0.511 e. The van der Waals surface area contributed by atoms with E-state index in [1.54, 1.807) is 26.8 Å². The zero-order valence-corrected chi connectivity index (χ0v) is 23.4. The summed E-state index contributed by atoms with van der Waals surface area (Å²) in [6, 6.07) is 3.04. The van der Waals surface area contributed by atoms with Crippen LogP contribution in [0.1, 0.15) is 68.9 Å². The minimum atomic E-state index is -2.95. The maximum Gasteiger partial charge on any atom is 0.330 e. The van der Waals surface area contributed by atoms with Gasteiger partial charge in [0.1, 0.15) is 22.8 Å². The van der Waals surface area contributed by atoms with Crippen LogP contribution < -0.4 is 0 Å². The predicted molar refractivity (Wildman–Crippen MR) is 142 cm³/mol. The summed E-state index contributed by atoms with van der Waals surface area (Å²) in [4.78, 5) is 51.9. The molecule has 0 bridgehead atoms. The Kier molecular flexibility index (Phi) is 6.68. The maximum atomic E-state index is 14.1. The second kappa shape index (κ2) is 9.14. The van der Waals surface area contributed by atoms with Gasteiger partial charge >= 0.3 is 5.97 Å². The van der Waals surface area contributed by atoms with E-state index < -0.39 is 92.0 Å². The molecular formula is C30H34O10. The number of aliphatic hydroxyl groups is 4. The number of hydrogen-bond acceptors (Lipinski definition) is 10. The number of ether oxygens (including phenoxy) is 1. The summed E-state index contributed by atoms with van der Waals surface area (Å²) in [5, 5.41) is 58.3. The van der Waals surface area contributed by atoms with Crippen molar-refractivity contribution < 1.29 is 49.4 Å². The first-order valence-electron chi connectivity index (χ1n) is 13.0. The van der Waals surface area contributed by atoms with Crippen LogP contribution in [0.15, 0.2) is 40.9 Å². The zero-order valence-electron chi connectivity index (χ0n) is 23.4. The number of aromatic hydroxyl groups is 1. The highest BCUT2D eigenvalue weighted by molar-refractivity contribution is 6.25. The normalized spacial score (nSPS) is 33.7. The van der Waals surface area contributed by atoms with Crippen LogP contribution in [0.25, 0.3) is 6.08 Å². The van der Waals surface area contributed by atoms with Crippen LogP contribution in [-0.2, 0) is 19.1 Å². The number of Topliss-reactive ketones (excluding diaryl/α,β-unsaturated/α-hetero) is 3. The SMILES string of the molecule is COC(=O)/C=C/c1ccc2c(c1O)C(=O)C1=C(O)[C@@]3(O)C(=O)C(C(C)=O)=C(O)C(C(C)C)[C@@]3(C)[C@H](O)[C@@]1(C)[C@@H]2C. The van der Waals surface area contributed by atoms with Gasteiger partial charge in [-0.25, -0.2) is 4.79 Å². The average Bonchev–Trinajstić information content (AvgIpc) is 2.87. The number of benzene rings is 1. The van der Waals surface area contributed by atoms with E-state index in [9.17, 15) is 44.7 Å². The molecule has 0 aromatic heterocycles. The van der Waals surface area contributed by atoms with E-state index in [0.29, 0.717) is 5.56 Å². The van der Waals surface area contributed by atoms with E-state index in [0.717, 1.165) is 13.0 Å². The van der Waals surface area contributed by atoms with E-state index in [-0.39, 0.29) is 11.1 Å². The highest BCUT2D eigenvalue weighted by Gasteiger charge is 2.76. The number of rotatable bonds is 4. The Morgan fingerprint density at radius 2 is 1.70 bits per heavy atom. The smallest absolute Gasteiger partial charge is 0.330 e. The van der Waals surface area contributed by atoms with E-state index in [1.165, 1.54) is 33.1 Å². The molecule has 0 fully saturated rings. The third-order valence-electron chi connectivity index (χ3n) is 9.47. The molecule has 40 heavy (non-hydrogen) atoms. The van der Waals surface area contributed by atoms with Gasteiger partial charge in [0.15, 0.2) is 17.2 Å². The third kappa shape index (κ3) is 3.29. The van der Waals surface area contributed by atoms with E-state index in [4.69, 9.17) is 0 Å². The first kappa shape index (κ1) is 29.2. The van der Waals surface area contributed by atoms with Gasteiger partial charge < -0.3 is 30.3 Å². The Balaban J connectivity index is 2.09. The molecule has 0 saturated heterocycles. The molecule has 0 amide bonds. The lowest BCUT2D eigenvalue weighted by Gasteiger charge is -2.63. The fourth-order valence-electron chi connectivity index (χ4n) is 7.32. The molecule has 1 unspecified atom stereocenters. The third-order valence-corrected chi connectivity index (χ3v) is 9.47. The van der Waals surface area contributed by atoms with Crippen LogP contribution in [0.5, 0.6) is 5.75 Å². The number of fused-ring (bicyclic) bond motifs is 3. The van der Waals surface area contributed by atoms with Gasteiger partial charge in [-0.15, -0.1) is 0 Å². The minimum absolute atomic E-state index is 0.0913. The first-order chi connectivity index (χ1) is 18.4. The van der Waals surface area contributed by atoms with Crippen molar-refractivity contribution in [1.82, 2.24) is 0 Å². The molecule has 0 saturated carbocycles. The van der Waals surface area contributed by atoms with Crippen LogP contribution in [0, 0.1) is 22.7 Å². The molecule has 214 valence electrons. The number of phenolic OH excluding ortho intramolecular Hbond substituents is 1.